The van der Waals surface area contributed by atoms with Crippen molar-refractivity contribution in [2.45, 2.75) is 11.8 Å². The SMILES string of the molecule is COc1ncc(Cl)cc1SNc1cc(F)cc(-c2cc3cnc(Nc4cnn(C)c4)nc3nc2C)c1. The van der Waals surface area contributed by atoms with Gasteiger partial charge in [-0.25, -0.2) is 19.3 Å². The highest BCUT2D eigenvalue weighted by molar-refractivity contribution is 8.00. The van der Waals surface area contributed by atoms with E-state index in [9.17, 15) is 4.39 Å². The van der Waals surface area contributed by atoms with Crippen molar-refractivity contribution < 1.29 is 9.13 Å². The number of halogens is 2. The number of rotatable bonds is 7. The lowest BCUT2D eigenvalue weighted by Gasteiger charge is -2.12. The lowest BCUT2D eigenvalue weighted by Crippen LogP contribution is -1.99. The fraction of sp³-hybridized carbons (Fsp3) is 0.125. The molecular weight excluding hydrogens is 503 g/mol. The van der Waals surface area contributed by atoms with Crippen molar-refractivity contribution >= 4 is 51.9 Å². The third-order valence-electron chi connectivity index (χ3n) is 5.19. The van der Waals surface area contributed by atoms with E-state index in [1.807, 2.05) is 32.3 Å². The van der Waals surface area contributed by atoms with Crippen LogP contribution < -0.4 is 14.8 Å². The largest absolute Gasteiger partial charge is 0.480 e. The molecule has 12 heteroatoms. The zero-order valence-electron chi connectivity index (χ0n) is 19.5. The van der Waals surface area contributed by atoms with Crippen LogP contribution in [0, 0.1) is 12.7 Å². The first-order valence-corrected chi connectivity index (χ1v) is 11.9. The van der Waals surface area contributed by atoms with Crippen LogP contribution in [0.25, 0.3) is 22.2 Å². The summed E-state index contributed by atoms with van der Waals surface area (Å²) in [4.78, 5) is 18.4. The van der Waals surface area contributed by atoms with Crippen LogP contribution in [0.15, 0.2) is 60.0 Å². The number of methoxy groups -OCH3 is 1. The molecule has 0 fully saturated rings. The predicted octanol–water partition coefficient (Wildman–Crippen LogP) is 5.79. The van der Waals surface area contributed by atoms with Crippen LogP contribution in [0.1, 0.15) is 5.69 Å². The van der Waals surface area contributed by atoms with Crippen LogP contribution in [-0.4, -0.2) is 36.8 Å². The molecule has 0 saturated carbocycles. The van der Waals surface area contributed by atoms with Gasteiger partial charge in [-0.1, -0.05) is 11.6 Å². The summed E-state index contributed by atoms with van der Waals surface area (Å²) in [6, 6.07) is 8.34. The van der Waals surface area contributed by atoms with Gasteiger partial charge in [0.1, 0.15) is 5.82 Å². The lowest BCUT2D eigenvalue weighted by molar-refractivity contribution is 0.387. The highest BCUT2D eigenvalue weighted by atomic mass is 35.5. The first-order chi connectivity index (χ1) is 17.4. The summed E-state index contributed by atoms with van der Waals surface area (Å²) in [6.45, 7) is 1.86. The molecule has 0 radical (unpaired) electrons. The number of pyridine rings is 2. The number of ether oxygens (including phenoxy) is 1. The second-order valence-electron chi connectivity index (χ2n) is 7.85. The van der Waals surface area contributed by atoms with Crippen LogP contribution >= 0.6 is 23.5 Å². The van der Waals surface area contributed by atoms with Crippen molar-refractivity contribution in [1.82, 2.24) is 29.7 Å². The van der Waals surface area contributed by atoms with E-state index in [4.69, 9.17) is 16.3 Å². The van der Waals surface area contributed by atoms with Crippen molar-refractivity contribution in [2.24, 2.45) is 7.05 Å². The van der Waals surface area contributed by atoms with E-state index in [2.05, 4.69) is 35.1 Å². The Hall–Kier alpha value is -3.96. The Morgan fingerprint density at radius 1 is 1.03 bits per heavy atom. The third-order valence-corrected chi connectivity index (χ3v) is 6.24. The van der Waals surface area contributed by atoms with Crippen molar-refractivity contribution in [3.63, 3.8) is 0 Å². The molecular formula is C24H20ClFN8OS. The second-order valence-corrected chi connectivity index (χ2v) is 9.13. The Kier molecular flexibility index (Phi) is 6.57. The van der Waals surface area contributed by atoms with E-state index >= 15 is 0 Å². The van der Waals surface area contributed by atoms with Crippen molar-refractivity contribution in [3.8, 4) is 17.0 Å². The number of fused-ring (bicyclic) bond motifs is 1. The molecule has 1 aromatic carbocycles. The Balaban J connectivity index is 1.42. The summed E-state index contributed by atoms with van der Waals surface area (Å²) in [7, 11) is 3.36. The molecule has 4 aromatic heterocycles. The number of aromatic nitrogens is 6. The second kappa shape index (κ2) is 9.96. The van der Waals surface area contributed by atoms with Gasteiger partial charge < -0.3 is 14.8 Å². The van der Waals surface area contributed by atoms with Gasteiger partial charge in [-0.2, -0.15) is 10.1 Å². The number of benzene rings is 1. The van der Waals surface area contributed by atoms with Crippen molar-refractivity contribution in [1.29, 1.82) is 0 Å². The molecule has 0 atom stereocenters. The molecule has 5 rings (SSSR count). The van der Waals surface area contributed by atoms with Gasteiger partial charge in [0.15, 0.2) is 5.65 Å². The first kappa shape index (κ1) is 23.8. The molecule has 0 unspecified atom stereocenters. The fourth-order valence-electron chi connectivity index (χ4n) is 3.57. The molecule has 4 heterocycles. The Labute approximate surface area is 215 Å². The summed E-state index contributed by atoms with van der Waals surface area (Å²) in [5, 5.41) is 8.43. The van der Waals surface area contributed by atoms with Crippen LogP contribution in [0.4, 0.5) is 21.7 Å². The third kappa shape index (κ3) is 5.16. The Morgan fingerprint density at radius 2 is 1.89 bits per heavy atom. The number of hydrogen-bond acceptors (Lipinski definition) is 9. The standard InChI is InChI=1S/C24H20ClFN8OS/c1-13-20(6-15-9-28-24(32-22(15)30-13)31-19-11-29-34(2)12-19)14-4-17(26)8-18(5-14)33-36-21-7-16(25)10-27-23(21)35-3/h4-12,33H,1-3H3,(H,28,30,31,32). The van der Waals surface area contributed by atoms with E-state index in [-0.39, 0.29) is 0 Å². The van der Waals surface area contributed by atoms with Crippen LogP contribution in [0.3, 0.4) is 0 Å². The molecule has 0 saturated heterocycles. The monoisotopic (exact) mass is 522 g/mol. The Morgan fingerprint density at radius 3 is 2.67 bits per heavy atom. The van der Waals surface area contributed by atoms with Gasteiger partial charge in [0.2, 0.25) is 11.8 Å². The van der Waals surface area contributed by atoms with E-state index in [1.165, 1.54) is 37.4 Å². The maximum atomic E-state index is 14.6. The van der Waals surface area contributed by atoms with E-state index in [0.717, 1.165) is 16.6 Å². The zero-order chi connectivity index (χ0) is 25.2. The van der Waals surface area contributed by atoms with Crippen LogP contribution in [0.5, 0.6) is 5.88 Å². The fourth-order valence-corrected chi connectivity index (χ4v) is 4.55. The van der Waals surface area contributed by atoms with E-state index in [1.54, 1.807) is 23.1 Å². The van der Waals surface area contributed by atoms with E-state index < -0.39 is 5.82 Å². The molecule has 9 nitrogen and oxygen atoms in total. The van der Waals surface area contributed by atoms with Gasteiger partial charge in [-0.3, -0.25) is 4.68 Å². The highest BCUT2D eigenvalue weighted by Gasteiger charge is 2.12. The van der Waals surface area contributed by atoms with Gasteiger partial charge in [-0.15, -0.1) is 0 Å². The number of nitrogens with zero attached hydrogens (tertiary/aromatic N) is 6. The number of hydrogen-bond donors (Lipinski definition) is 2. The van der Waals surface area contributed by atoms with Crippen LogP contribution in [-0.2, 0) is 7.05 Å². The minimum Gasteiger partial charge on any atom is -0.480 e. The highest BCUT2D eigenvalue weighted by Crippen LogP contribution is 2.33. The molecule has 36 heavy (non-hydrogen) atoms. The van der Waals surface area contributed by atoms with Gasteiger partial charge in [-0.05, 0) is 54.8 Å². The Bertz CT molecular complexity index is 1580. The summed E-state index contributed by atoms with van der Waals surface area (Å²) in [5.41, 5.74) is 4.01. The molecule has 2 N–H and O–H groups in total. The molecule has 0 spiro atoms. The van der Waals surface area contributed by atoms with Gasteiger partial charge in [0.25, 0.3) is 0 Å². The normalized spacial score (nSPS) is 11.0. The summed E-state index contributed by atoms with van der Waals surface area (Å²) in [5.74, 6) is 0.439. The molecule has 182 valence electrons. The maximum Gasteiger partial charge on any atom is 0.229 e. The summed E-state index contributed by atoms with van der Waals surface area (Å²) >= 11 is 7.28. The number of nitrogens with one attached hydrogen (secondary N) is 2. The average Bonchev–Trinajstić information content (AvgIpc) is 3.26. The first-order valence-electron chi connectivity index (χ1n) is 10.7. The predicted molar refractivity (Wildman–Crippen MR) is 139 cm³/mol. The summed E-state index contributed by atoms with van der Waals surface area (Å²) < 4.78 is 24.7. The topological polar surface area (TPSA) is 103 Å². The van der Waals surface area contributed by atoms with Gasteiger partial charge in [0, 0.05) is 48.0 Å². The van der Waals surface area contributed by atoms with Crippen LogP contribution in [0.2, 0.25) is 5.02 Å². The van der Waals surface area contributed by atoms with E-state index in [0.29, 0.717) is 44.3 Å². The number of anilines is 3. The summed E-state index contributed by atoms with van der Waals surface area (Å²) in [6.07, 6.45) is 6.69. The quantitative estimate of drug-likeness (QED) is 0.257. The van der Waals surface area contributed by atoms with Gasteiger partial charge >= 0.3 is 0 Å². The lowest BCUT2D eigenvalue weighted by atomic mass is 10.0. The minimum absolute atomic E-state index is 0.390. The number of aryl methyl sites for hydroxylation is 2. The molecule has 0 aliphatic carbocycles. The molecule has 5 aromatic rings. The minimum atomic E-state index is -0.390. The van der Waals surface area contributed by atoms with Crippen molar-refractivity contribution in [3.05, 3.63) is 71.7 Å². The smallest absolute Gasteiger partial charge is 0.229 e. The molecule has 0 aliphatic heterocycles. The van der Waals surface area contributed by atoms with Gasteiger partial charge in [0.05, 0.1) is 28.9 Å². The maximum absolute atomic E-state index is 14.6. The molecule has 0 amide bonds. The molecule has 0 bridgehead atoms. The average molecular weight is 523 g/mol. The zero-order valence-corrected chi connectivity index (χ0v) is 21.0. The molecule has 0 aliphatic rings. The van der Waals surface area contributed by atoms with Crippen molar-refractivity contribution in [2.75, 3.05) is 17.1 Å².